The Morgan fingerprint density at radius 1 is 1.29 bits per heavy atom. The molecular formula is C18H18N2O4. The molecule has 0 saturated heterocycles. The second-order valence-electron chi connectivity index (χ2n) is 5.60. The van der Waals surface area contributed by atoms with Gasteiger partial charge in [-0.05, 0) is 31.5 Å². The van der Waals surface area contributed by atoms with Crippen molar-refractivity contribution in [1.29, 1.82) is 0 Å². The number of amides is 1. The van der Waals surface area contributed by atoms with E-state index in [-0.39, 0.29) is 11.8 Å². The molecule has 2 N–H and O–H groups in total. The predicted molar refractivity (Wildman–Crippen MR) is 89.8 cm³/mol. The average Bonchev–Trinajstić information content (AvgIpc) is 2.61. The quantitative estimate of drug-likeness (QED) is 0.671. The van der Waals surface area contributed by atoms with Crippen molar-refractivity contribution in [3.8, 4) is 11.5 Å². The molecule has 0 bridgehead atoms. The first-order valence-corrected chi connectivity index (χ1v) is 7.55. The van der Waals surface area contributed by atoms with E-state index >= 15 is 0 Å². The number of nitrogens with one attached hydrogen (secondary N) is 1. The second kappa shape index (κ2) is 6.62. The molecule has 0 radical (unpaired) electrons. The van der Waals surface area contributed by atoms with Gasteiger partial charge in [-0.25, -0.2) is 0 Å². The van der Waals surface area contributed by atoms with Crippen LogP contribution in [0.15, 0.2) is 47.6 Å². The van der Waals surface area contributed by atoms with E-state index in [4.69, 9.17) is 9.47 Å². The minimum absolute atomic E-state index is 0.0448. The number of oxime groups is 1. The van der Waals surface area contributed by atoms with Gasteiger partial charge in [0.25, 0.3) is 0 Å². The maximum atomic E-state index is 12.6. The summed E-state index contributed by atoms with van der Waals surface area (Å²) in [5, 5.41) is 15.2. The number of hydrogen-bond donors (Lipinski definition) is 2. The Balaban J connectivity index is 1.84. The molecule has 2 aromatic rings. The molecule has 0 fully saturated rings. The molecule has 0 aromatic heterocycles. The first kappa shape index (κ1) is 15.9. The molecule has 0 saturated carbocycles. The number of benzene rings is 2. The van der Waals surface area contributed by atoms with Crippen molar-refractivity contribution in [2.24, 2.45) is 11.1 Å². The summed E-state index contributed by atoms with van der Waals surface area (Å²) in [4.78, 5) is 12.6. The van der Waals surface area contributed by atoms with E-state index in [1.807, 2.05) is 43.3 Å². The third-order valence-corrected chi connectivity index (χ3v) is 3.94. The molecule has 124 valence electrons. The second-order valence-corrected chi connectivity index (χ2v) is 5.60. The van der Waals surface area contributed by atoms with Crippen LogP contribution in [0, 0.1) is 12.8 Å². The van der Waals surface area contributed by atoms with E-state index in [1.54, 1.807) is 6.07 Å². The lowest BCUT2D eigenvalue weighted by Crippen LogP contribution is -2.37. The van der Waals surface area contributed by atoms with Gasteiger partial charge in [-0.15, -0.1) is 0 Å². The van der Waals surface area contributed by atoms with Crippen molar-refractivity contribution in [3.05, 3.63) is 53.6 Å². The molecule has 0 aliphatic carbocycles. The Bertz CT molecular complexity index is 784. The van der Waals surface area contributed by atoms with Gasteiger partial charge >= 0.3 is 0 Å². The zero-order valence-electron chi connectivity index (χ0n) is 13.4. The van der Waals surface area contributed by atoms with Crippen LogP contribution in [0.2, 0.25) is 0 Å². The van der Waals surface area contributed by atoms with Crippen molar-refractivity contribution in [1.82, 2.24) is 0 Å². The Kier molecular flexibility index (Phi) is 4.37. The Morgan fingerprint density at radius 3 is 2.71 bits per heavy atom. The van der Waals surface area contributed by atoms with Gasteiger partial charge < -0.3 is 20.0 Å². The summed E-state index contributed by atoms with van der Waals surface area (Å²) in [5.41, 5.74) is 2.61. The van der Waals surface area contributed by atoms with Crippen LogP contribution in [0.3, 0.4) is 0 Å². The molecule has 1 aliphatic rings. The fourth-order valence-electron chi connectivity index (χ4n) is 2.64. The van der Waals surface area contributed by atoms with Crippen LogP contribution in [0.25, 0.3) is 0 Å². The van der Waals surface area contributed by atoms with Crippen LogP contribution in [0.4, 0.5) is 5.69 Å². The van der Waals surface area contributed by atoms with Crippen LogP contribution >= 0.6 is 0 Å². The number of para-hydroxylation sites is 1. The monoisotopic (exact) mass is 326 g/mol. The number of anilines is 1. The minimum Gasteiger partial charge on any atom is -0.493 e. The lowest BCUT2D eigenvalue weighted by Gasteiger charge is -2.26. The normalized spacial score (nSPS) is 17.8. The average molecular weight is 326 g/mol. The van der Waals surface area contributed by atoms with E-state index in [2.05, 4.69) is 10.5 Å². The number of hydrogen-bond acceptors (Lipinski definition) is 5. The highest BCUT2D eigenvalue weighted by Gasteiger charge is 2.34. The largest absolute Gasteiger partial charge is 0.493 e. The standard InChI is InChI=1S/C18H18N2O4/c1-11-6-8-13(9-7-11)19-17(21)14-10-12-4-3-5-15(23-2)16(12)24-18(14)20-22/h3-9,14,22H,10H2,1-2H3,(H,19,21)/b20-18+/t14-/m1/s1. The van der Waals surface area contributed by atoms with Gasteiger partial charge in [0, 0.05) is 11.3 Å². The van der Waals surface area contributed by atoms with Crippen molar-refractivity contribution >= 4 is 17.5 Å². The van der Waals surface area contributed by atoms with Gasteiger partial charge in [0.1, 0.15) is 5.92 Å². The van der Waals surface area contributed by atoms with Crippen molar-refractivity contribution in [2.45, 2.75) is 13.3 Å². The lowest BCUT2D eigenvalue weighted by atomic mass is 9.94. The molecule has 3 rings (SSSR count). The number of rotatable bonds is 3. The summed E-state index contributed by atoms with van der Waals surface area (Å²) in [6, 6.07) is 12.9. The summed E-state index contributed by atoms with van der Waals surface area (Å²) in [7, 11) is 1.53. The van der Waals surface area contributed by atoms with Crippen molar-refractivity contribution in [3.63, 3.8) is 0 Å². The molecule has 1 atom stereocenters. The van der Waals surface area contributed by atoms with Crippen LogP contribution in [-0.2, 0) is 11.2 Å². The number of carbonyl (C=O) groups excluding carboxylic acids is 1. The third kappa shape index (κ3) is 3.03. The van der Waals surface area contributed by atoms with E-state index < -0.39 is 5.92 Å². The minimum atomic E-state index is -0.712. The summed E-state index contributed by atoms with van der Waals surface area (Å²) in [6.07, 6.45) is 0.365. The molecule has 1 amide bonds. The summed E-state index contributed by atoms with van der Waals surface area (Å²) in [5.74, 6) is -0.0362. The zero-order chi connectivity index (χ0) is 17.1. The Hall–Kier alpha value is -3.02. The SMILES string of the molecule is COc1cccc2c1O/C(=N/O)[C@@H](C(=O)Nc1ccc(C)cc1)C2. The van der Waals surface area contributed by atoms with E-state index in [1.165, 1.54) is 7.11 Å². The fraction of sp³-hybridized carbons (Fsp3) is 0.222. The highest BCUT2D eigenvalue weighted by Crippen LogP contribution is 2.37. The van der Waals surface area contributed by atoms with Crippen molar-refractivity contribution in [2.75, 3.05) is 12.4 Å². The van der Waals surface area contributed by atoms with E-state index in [0.29, 0.717) is 23.6 Å². The maximum Gasteiger partial charge on any atom is 0.244 e. The topological polar surface area (TPSA) is 80.2 Å². The molecule has 24 heavy (non-hydrogen) atoms. The van der Waals surface area contributed by atoms with Gasteiger partial charge in [-0.2, -0.15) is 0 Å². The zero-order valence-corrected chi connectivity index (χ0v) is 13.4. The van der Waals surface area contributed by atoms with Crippen LogP contribution in [0.1, 0.15) is 11.1 Å². The van der Waals surface area contributed by atoms with Gasteiger partial charge in [-0.1, -0.05) is 35.0 Å². The maximum absolute atomic E-state index is 12.6. The van der Waals surface area contributed by atoms with E-state index in [9.17, 15) is 10.0 Å². The number of methoxy groups -OCH3 is 1. The first-order valence-electron chi connectivity index (χ1n) is 7.55. The van der Waals surface area contributed by atoms with Crippen LogP contribution < -0.4 is 14.8 Å². The summed E-state index contributed by atoms with van der Waals surface area (Å²) in [6.45, 7) is 1.97. The number of fused-ring (bicyclic) bond motifs is 1. The molecule has 2 aromatic carbocycles. The highest BCUT2D eigenvalue weighted by atomic mass is 16.5. The van der Waals surface area contributed by atoms with Crippen molar-refractivity contribution < 1.29 is 19.5 Å². The lowest BCUT2D eigenvalue weighted by molar-refractivity contribution is -0.118. The highest BCUT2D eigenvalue weighted by molar-refractivity contribution is 6.08. The third-order valence-electron chi connectivity index (χ3n) is 3.94. The summed E-state index contributed by atoms with van der Waals surface area (Å²) < 4.78 is 10.9. The number of carbonyl (C=O) groups is 1. The van der Waals surface area contributed by atoms with Gasteiger partial charge in [-0.3, -0.25) is 4.79 Å². The van der Waals surface area contributed by atoms with Crippen LogP contribution in [-0.4, -0.2) is 24.1 Å². The molecule has 0 unspecified atom stereocenters. The smallest absolute Gasteiger partial charge is 0.244 e. The number of aryl methyl sites for hydroxylation is 1. The summed E-state index contributed by atoms with van der Waals surface area (Å²) >= 11 is 0. The molecular weight excluding hydrogens is 308 g/mol. The Morgan fingerprint density at radius 2 is 2.04 bits per heavy atom. The Labute approximate surface area is 139 Å². The molecule has 6 heteroatoms. The molecule has 1 aliphatic heterocycles. The van der Waals surface area contributed by atoms with Gasteiger partial charge in [0.15, 0.2) is 11.5 Å². The fourth-order valence-corrected chi connectivity index (χ4v) is 2.64. The van der Waals surface area contributed by atoms with E-state index in [0.717, 1.165) is 11.1 Å². The first-order chi connectivity index (χ1) is 11.6. The van der Waals surface area contributed by atoms with Gasteiger partial charge in [0.2, 0.25) is 11.8 Å². The molecule has 6 nitrogen and oxygen atoms in total. The number of ether oxygens (including phenoxy) is 2. The number of nitrogens with zero attached hydrogens (tertiary/aromatic N) is 1. The predicted octanol–water partition coefficient (Wildman–Crippen LogP) is 2.98. The molecule has 0 spiro atoms. The molecule has 1 heterocycles. The van der Waals surface area contributed by atoms with Crippen LogP contribution in [0.5, 0.6) is 11.5 Å². The van der Waals surface area contributed by atoms with Gasteiger partial charge in [0.05, 0.1) is 7.11 Å².